The number of benzene rings is 1. The SMILES string of the molecule is O=C(Nc1ccnn1C1CCN(CC[C@@H]2CCOC2)CC1)c1ccccc1. The summed E-state index contributed by atoms with van der Waals surface area (Å²) in [7, 11) is 0. The number of carbonyl (C=O) groups is 1. The number of rotatable bonds is 6. The highest BCUT2D eigenvalue weighted by Crippen LogP contribution is 2.26. The average molecular weight is 368 g/mol. The second-order valence-corrected chi connectivity index (χ2v) is 7.57. The summed E-state index contributed by atoms with van der Waals surface area (Å²) >= 11 is 0. The highest BCUT2D eigenvalue weighted by molar-refractivity contribution is 6.03. The van der Waals surface area contributed by atoms with Gasteiger partial charge in [0.2, 0.25) is 0 Å². The van der Waals surface area contributed by atoms with Gasteiger partial charge >= 0.3 is 0 Å². The Morgan fingerprint density at radius 3 is 2.70 bits per heavy atom. The number of likely N-dealkylation sites (tertiary alicyclic amines) is 1. The Hall–Kier alpha value is -2.18. The summed E-state index contributed by atoms with van der Waals surface area (Å²) in [5.74, 6) is 1.44. The minimum atomic E-state index is -0.0893. The summed E-state index contributed by atoms with van der Waals surface area (Å²) in [4.78, 5) is 15.0. The molecule has 0 aliphatic carbocycles. The van der Waals surface area contributed by atoms with Crippen molar-refractivity contribution in [3.63, 3.8) is 0 Å². The van der Waals surface area contributed by atoms with Gasteiger partial charge in [-0.1, -0.05) is 18.2 Å². The molecule has 3 heterocycles. The van der Waals surface area contributed by atoms with Crippen molar-refractivity contribution in [2.45, 2.75) is 31.7 Å². The van der Waals surface area contributed by atoms with Gasteiger partial charge in [-0.15, -0.1) is 0 Å². The van der Waals surface area contributed by atoms with E-state index in [1.807, 2.05) is 41.1 Å². The number of aromatic nitrogens is 2. The standard InChI is InChI=1S/C21H28N4O2/c26-21(18-4-2-1-3-5-18)23-20-6-11-22-25(20)19-8-13-24(14-9-19)12-7-17-10-15-27-16-17/h1-6,11,17,19H,7-10,12-16H2,(H,23,26)/t17-/m1/s1. The highest BCUT2D eigenvalue weighted by Gasteiger charge is 2.24. The molecule has 2 fully saturated rings. The molecular formula is C21H28N4O2. The van der Waals surface area contributed by atoms with Gasteiger partial charge in [0.15, 0.2) is 0 Å². The molecule has 1 amide bonds. The third kappa shape index (κ3) is 4.57. The zero-order chi connectivity index (χ0) is 18.5. The van der Waals surface area contributed by atoms with Crippen molar-refractivity contribution in [3.8, 4) is 0 Å². The van der Waals surface area contributed by atoms with Gasteiger partial charge in [0.1, 0.15) is 5.82 Å². The number of piperidine rings is 1. The molecule has 0 bridgehead atoms. The predicted molar refractivity (Wildman–Crippen MR) is 105 cm³/mol. The molecule has 144 valence electrons. The molecule has 6 nitrogen and oxygen atoms in total. The minimum absolute atomic E-state index is 0.0893. The van der Waals surface area contributed by atoms with E-state index >= 15 is 0 Å². The van der Waals surface area contributed by atoms with Crippen LogP contribution >= 0.6 is 0 Å². The average Bonchev–Trinajstić information content (AvgIpc) is 3.39. The van der Waals surface area contributed by atoms with Crippen LogP contribution in [0.2, 0.25) is 0 Å². The lowest BCUT2D eigenvalue weighted by Gasteiger charge is -2.33. The molecule has 0 saturated carbocycles. The first-order valence-electron chi connectivity index (χ1n) is 9.99. The van der Waals surface area contributed by atoms with E-state index < -0.39 is 0 Å². The summed E-state index contributed by atoms with van der Waals surface area (Å²) < 4.78 is 7.46. The summed E-state index contributed by atoms with van der Waals surface area (Å²) in [6.07, 6.45) is 6.36. The third-order valence-electron chi connectivity index (χ3n) is 5.73. The van der Waals surface area contributed by atoms with E-state index in [2.05, 4.69) is 15.3 Å². The van der Waals surface area contributed by atoms with Crippen LogP contribution in [0.1, 0.15) is 42.1 Å². The van der Waals surface area contributed by atoms with E-state index in [1.165, 1.54) is 12.8 Å². The smallest absolute Gasteiger partial charge is 0.256 e. The van der Waals surface area contributed by atoms with Crippen LogP contribution in [0.25, 0.3) is 0 Å². The van der Waals surface area contributed by atoms with Crippen LogP contribution in [0.3, 0.4) is 0 Å². The first-order valence-corrected chi connectivity index (χ1v) is 9.99. The normalized spacial score (nSPS) is 21.4. The van der Waals surface area contributed by atoms with E-state index in [-0.39, 0.29) is 5.91 Å². The first-order chi connectivity index (χ1) is 13.3. The molecule has 2 aliphatic heterocycles. The van der Waals surface area contributed by atoms with Crippen LogP contribution in [0, 0.1) is 5.92 Å². The molecule has 27 heavy (non-hydrogen) atoms. The molecule has 6 heteroatoms. The number of amides is 1. The summed E-state index contributed by atoms with van der Waals surface area (Å²) in [6, 6.07) is 11.5. The van der Waals surface area contributed by atoms with E-state index in [4.69, 9.17) is 4.74 Å². The van der Waals surface area contributed by atoms with Crippen molar-refractivity contribution in [3.05, 3.63) is 48.2 Å². The second-order valence-electron chi connectivity index (χ2n) is 7.57. The van der Waals surface area contributed by atoms with Crippen molar-refractivity contribution >= 4 is 11.7 Å². The lowest BCUT2D eigenvalue weighted by atomic mass is 10.0. The Morgan fingerprint density at radius 1 is 1.15 bits per heavy atom. The molecule has 1 aromatic carbocycles. The Kier molecular flexibility index (Phi) is 5.84. The zero-order valence-electron chi connectivity index (χ0n) is 15.7. The maximum absolute atomic E-state index is 12.4. The lowest BCUT2D eigenvalue weighted by Crippen LogP contribution is -2.36. The van der Waals surface area contributed by atoms with Gasteiger partial charge in [-0.05, 0) is 50.3 Å². The van der Waals surface area contributed by atoms with E-state index in [0.717, 1.165) is 57.4 Å². The predicted octanol–water partition coefficient (Wildman–Crippen LogP) is 3.20. The number of anilines is 1. The van der Waals surface area contributed by atoms with Gasteiger partial charge in [0.25, 0.3) is 5.91 Å². The van der Waals surface area contributed by atoms with Crippen molar-refractivity contribution in [2.75, 3.05) is 38.2 Å². The van der Waals surface area contributed by atoms with Gasteiger partial charge in [0.05, 0.1) is 12.2 Å². The first kappa shape index (κ1) is 18.2. The van der Waals surface area contributed by atoms with Gasteiger partial charge < -0.3 is 15.0 Å². The second kappa shape index (κ2) is 8.67. The quantitative estimate of drug-likeness (QED) is 0.851. The molecule has 1 aromatic heterocycles. The summed E-state index contributed by atoms with van der Waals surface area (Å²) in [5, 5.41) is 7.50. The fraction of sp³-hybridized carbons (Fsp3) is 0.524. The van der Waals surface area contributed by atoms with Crippen LogP contribution in [-0.2, 0) is 4.74 Å². The van der Waals surface area contributed by atoms with Crippen LogP contribution in [-0.4, -0.2) is 53.4 Å². The molecular weight excluding hydrogens is 340 g/mol. The number of nitrogens with one attached hydrogen (secondary N) is 1. The molecule has 1 N–H and O–H groups in total. The number of nitrogens with zero attached hydrogens (tertiary/aromatic N) is 3. The van der Waals surface area contributed by atoms with Crippen LogP contribution in [0.5, 0.6) is 0 Å². The van der Waals surface area contributed by atoms with E-state index in [1.54, 1.807) is 6.20 Å². The number of carbonyl (C=O) groups excluding carboxylic acids is 1. The molecule has 2 aromatic rings. The van der Waals surface area contributed by atoms with E-state index in [0.29, 0.717) is 11.6 Å². The highest BCUT2D eigenvalue weighted by atomic mass is 16.5. The van der Waals surface area contributed by atoms with E-state index in [9.17, 15) is 4.79 Å². The fourth-order valence-corrected chi connectivity index (χ4v) is 4.05. The summed E-state index contributed by atoms with van der Waals surface area (Å²) in [5.41, 5.74) is 0.663. The number of hydrogen-bond acceptors (Lipinski definition) is 4. The Balaban J connectivity index is 1.30. The molecule has 4 rings (SSSR count). The number of ether oxygens (including phenoxy) is 1. The van der Waals surface area contributed by atoms with Gasteiger partial charge in [-0.25, -0.2) is 4.68 Å². The minimum Gasteiger partial charge on any atom is -0.381 e. The van der Waals surface area contributed by atoms with Crippen molar-refractivity contribution in [1.29, 1.82) is 0 Å². The number of hydrogen-bond donors (Lipinski definition) is 1. The van der Waals surface area contributed by atoms with Crippen LogP contribution in [0.4, 0.5) is 5.82 Å². The molecule has 2 saturated heterocycles. The Labute approximate surface area is 160 Å². The van der Waals surface area contributed by atoms with Crippen LogP contribution in [0.15, 0.2) is 42.6 Å². The maximum Gasteiger partial charge on any atom is 0.256 e. The zero-order valence-corrected chi connectivity index (χ0v) is 15.7. The molecule has 0 unspecified atom stereocenters. The molecule has 0 spiro atoms. The van der Waals surface area contributed by atoms with Gasteiger partial charge in [0, 0.05) is 37.9 Å². The van der Waals surface area contributed by atoms with Gasteiger partial charge in [-0.2, -0.15) is 5.10 Å². The molecule has 1 atom stereocenters. The molecule has 0 radical (unpaired) electrons. The van der Waals surface area contributed by atoms with Crippen molar-refractivity contribution in [2.24, 2.45) is 5.92 Å². The largest absolute Gasteiger partial charge is 0.381 e. The topological polar surface area (TPSA) is 59.4 Å². The summed E-state index contributed by atoms with van der Waals surface area (Å²) in [6.45, 7) is 5.21. The molecule has 2 aliphatic rings. The van der Waals surface area contributed by atoms with Crippen molar-refractivity contribution < 1.29 is 9.53 Å². The van der Waals surface area contributed by atoms with Crippen molar-refractivity contribution in [1.82, 2.24) is 14.7 Å². The van der Waals surface area contributed by atoms with Gasteiger partial charge in [-0.3, -0.25) is 4.79 Å². The fourth-order valence-electron chi connectivity index (χ4n) is 4.05. The Morgan fingerprint density at radius 2 is 1.96 bits per heavy atom. The maximum atomic E-state index is 12.4. The van der Waals surface area contributed by atoms with Crippen LogP contribution < -0.4 is 5.32 Å². The monoisotopic (exact) mass is 368 g/mol. The third-order valence-corrected chi connectivity index (χ3v) is 5.73. The lowest BCUT2D eigenvalue weighted by molar-refractivity contribution is 0.102. The Bertz CT molecular complexity index is 732.